The van der Waals surface area contributed by atoms with E-state index in [0.29, 0.717) is 31.9 Å². The van der Waals surface area contributed by atoms with Crippen LogP contribution in [0.25, 0.3) is 0 Å². The molecule has 1 atom stereocenters. The predicted octanol–water partition coefficient (Wildman–Crippen LogP) is 0.774. The van der Waals surface area contributed by atoms with E-state index in [2.05, 4.69) is 4.98 Å². The van der Waals surface area contributed by atoms with Gasteiger partial charge in [-0.05, 0) is 20.3 Å². The fourth-order valence-corrected chi connectivity index (χ4v) is 3.24. The molecule has 7 nitrogen and oxygen atoms in total. The fourth-order valence-electron chi connectivity index (χ4n) is 3.24. The Balaban J connectivity index is 1.74. The van der Waals surface area contributed by atoms with Crippen LogP contribution in [0.15, 0.2) is 17.1 Å². The molecule has 3 heterocycles. The molecule has 0 N–H and O–H groups in total. The molecule has 2 aliphatic rings. The number of likely N-dealkylation sites (tertiary alicyclic amines) is 1. The zero-order valence-corrected chi connectivity index (χ0v) is 12.9. The van der Waals surface area contributed by atoms with Crippen molar-refractivity contribution >= 4 is 11.8 Å². The number of oxazole rings is 1. The third-order valence-electron chi connectivity index (χ3n) is 4.46. The minimum absolute atomic E-state index is 0.0214. The lowest BCUT2D eigenvalue weighted by Gasteiger charge is -2.33. The maximum Gasteiger partial charge on any atom is 0.275 e. The molecule has 2 aliphatic heterocycles. The molecule has 2 fully saturated rings. The van der Waals surface area contributed by atoms with E-state index in [4.69, 9.17) is 9.15 Å². The van der Waals surface area contributed by atoms with Crippen molar-refractivity contribution in [3.63, 3.8) is 0 Å². The van der Waals surface area contributed by atoms with E-state index in [9.17, 15) is 9.59 Å². The molecule has 7 heteroatoms. The lowest BCUT2D eigenvalue weighted by atomic mass is 9.87. The van der Waals surface area contributed by atoms with Crippen molar-refractivity contribution in [1.82, 2.24) is 14.8 Å². The van der Waals surface area contributed by atoms with Crippen LogP contribution >= 0.6 is 0 Å². The predicted molar refractivity (Wildman–Crippen MR) is 77.1 cm³/mol. The topological polar surface area (TPSA) is 75.9 Å². The van der Waals surface area contributed by atoms with E-state index >= 15 is 0 Å². The number of carbonyl (C=O) groups excluding carboxylic acids is 2. The van der Waals surface area contributed by atoms with Crippen molar-refractivity contribution in [2.24, 2.45) is 5.41 Å². The van der Waals surface area contributed by atoms with Crippen molar-refractivity contribution in [3.05, 3.63) is 18.4 Å². The number of rotatable bonds is 2. The third kappa shape index (κ3) is 2.72. The first-order valence-corrected chi connectivity index (χ1v) is 7.55. The summed E-state index contributed by atoms with van der Waals surface area (Å²) in [5, 5.41) is 0. The molecule has 120 valence electrons. The third-order valence-corrected chi connectivity index (χ3v) is 4.46. The Labute approximate surface area is 129 Å². The highest BCUT2D eigenvalue weighted by atomic mass is 16.5. The Bertz CT molecular complexity index is 557. The van der Waals surface area contributed by atoms with E-state index in [0.717, 1.165) is 6.42 Å². The molecule has 0 bridgehead atoms. The number of amides is 2. The smallest absolute Gasteiger partial charge is 0.275 e. The second-order valence-electron chi connectivity index (χ2n) is 6.46. The molecule has 1 aromatic rings. The summed E-state index contributed by atoms with van der Waals surface area (Å²) < 4.78 is 10.5. The van der Waals surface area contributed by atoms with Crippen LogP contribution in [0.5, 0.6) is 0 Å². The summed E-state index contributed by atoms with van der Waals surface area (Å²) in [6.07, 6.45) is 3.45. The zero-order valence-electron chi connectivity index (χ0n) is 12.9. The minimum atomic E-state index is -0.185. The first-order valence-electron chi connectivity index (χ1n) is 7.55. The van der Waals surface area contributed by atoms with Gasteiger partial charge in [-0.2, -0.15) is 0 Å². The van der Waals surface area contributed by atoms with Crippen LogP contribution in [-0.2, 0) is 9.53 Å². The molecule has 0 aliphatic carbocycles. The Kier molecular flexibility index (Phi) is 3.90. The first kappa shape index (κ1) is 15.0. The summed E-state index contributed by atoms with van der Waals surface area (Å²) in [5.74, 6) is -0.106. The summed E-state index contributed by atoms with van der Waals surface area (Å²) in [6.45, 7) is 6.49. The van der Waals surface area contributed by atoms with Crippen LogP contribution in [0.1, 0.15) is 30.8 Å². The Morgan fingerprint density at radius 3 is 2.91 bits per heavy atom. The van der Waals surface area contributed by atoms with Gasteiger partial charge in [0, 0.05) is 31.1 Å². The quantitative estimate of drug-likeness (QED) is 0.807. The van der Waals surface area contributed by atoms with E-state index in [1.165, 1.54) is 12.7 Å². The van der Waals surface area contributed by atoms with Crippen LogP contribution in [0.4, 0.5) is 0 Å². The minimum Gasteiger partial charge on any atom is -0.451 e. The van der Waals surface area contributed by atoms with Gasteiger partial charge in [0.15, 0.2) is 12.1 Å². The monoisotopic (exact) mass is 307 g/mol. The molecule has 0 radical (unpaired) electrons. The summed E-state index contributed by atoms with van der Waals surface area (Å²) >= 11 is 0. The average molecular weight is 307 g/mol. The van der Waals surface area contributed by atoms with Crippen LogP contribution < -0.4 is 0 Å². The number of aromatic nitrogens is 1. The van der Waals surface area contributed by atoms with Gasteiger partial charge in [-0.25, -0.2) is 4.98 Å². The van der Waals surface area contributed by atoms with Gasteiger partial charge >= 0.3 is 0 Å². The first-order chi connectivity index (χ1) is 10.5. The standard InChI is InChI=1S/C15H21N3O4/c1-11(2)18-8-15(9-21-6-13(18)19)3-4-17(7-15)14(20)12-5-22-10-16-12/h5,10-11H,3-4,6-9H2,1-2H3. The van der Waals surface area contributed by atoms with Gasteiger partial charge in [0.2, 0.25) is 5.91 Å². The highest BCUT2D eigenvalue weighted by molar-refractivity contribution is 5.92. The lowest BCUT2D eigenvalue weighted by Crippen LogP contribution is -2.46. The van der Waals surface area contributed by atoms with Crippen molar-refractivity contribution in [2.75, 3.05) is 32.8 Å². The Morgan fingerprint density at radius 2 is 2.23 bits per heavy atom. The summed E-state index contributed by atoms with van der Waals surface area (Å²) in [6, 6.07) is 0.131. The Morgan fingerprint density at radius 1 is 1.41 bits per heavy atom. The molecule has 2 saturated heterocycles. The Hall–Kier alpha value is -1.89. The van der Waals surface area contributed by atoms with Crippen LogP contribution in [0, 0.1) is 5.41 Å². The maximum atomic E-state index is 12.4. The van der Waals surface area contributed by atoms with Gasteiger partial charge < -0.3 is 19.0 Å². The van der Waals surface area contributed by atoms with Gasteiger partial charge in [0.25, 0.3) is 5.91 Å². The van der Waals surface area contributed by atoms with Gasteiger partial charge in [-0.15, -0.1) is 0 Å². The van der Waals surface area contributed by atoms with E-state index in [1.807, 2.05) is 18.7 Å². The number of hydrogen-bond donors (Lipinski definition) is 0. The second-order valence-corrected chi connectivity index (χ2v) is 6.46. The lowest BCUT2D eigenvalue weighted by molar-refractivity contribution is -0.135. The van der Waals surface area contributed by atoms with Gasteiger partial charge in [0.1, 0.15) is 12.9 Å². The summed E-state index contributed by atoms with van der Waals surface area (Å²) in [5.41, 5.74) is 0.138. The highest BCUT2D eigenvalue weighted by Crippen LogP contribution is 2.34. The van der Waals surface area contributed by atoms with Crippen LogP contribution in [0.2, 0.25) is 0 Å². The van der Waals surface area contributed by atoms with Crippen molar-refractivity contribution in [3.8, 4) is 0 Å². The molecular weight excluding hydrogens is 286 g/mol. The number of nitrogens with zero attached hydrogens (tertiary/aromatic N) is 3. The molecule has 3 rings (SSSR count). The normalized spacial score (nSPS) is 26.0. The van der Waals surface area contributed by atoms with E-state index in [1.54, 1.807) is 4.90 Å². The molecule has 0 saturated carbocycles. The number of hydrogen-bond acceptors (Lipinski definition) is 5. The highest BCUT2D eigenvalue weighted by Gasteiger charge is 2.44. The largest absolute Gasteiger partial charge is 0.451 e. The van der Waals surface area contributed by atoms with Gasteiger partial charge in [-0.3, -0.25) is 9.59 Å². The van der Waals surface area contributed by atoms with Crippen molar-refractivity contribution in [2.45, 2.75) is 26.3 Å². The van der Waals surface area contributed by atoms with E-state index < -0.39 is 0 Å². The van der Waals surface area contributed by atoms with Crippen molar-refractivity contribution in [1.29, 1.82) is 0 Å². The zero-order chi connectivity index (χ0) is 15.7. The van der Waals surface area contributed by atoms with E-state index in [-0.39, 0.29) is 29.9 Å². The fraction of sp³-hybridized carbons (Fsp3) is 0.667. The van der Waals surface area contributed by atoms with Gasteiger partial charge in [0.05, 0.1) is 6.61 Å². The van der Waals surface area contributed by atoms with Crippen molar-refractivity contribution < 1.29 is 18.7 Å². The average Bonchev–Trinajstić information content (AvgIpc) is 3.10. The van der Waals surface area contributed by atoms with Crippen LogP contribution in [0.3, 0.4) is 0 Å². The number of carbonyl (C=O) groups is 2. The number of ether oxygens (including phenoxy) is 1. The second kappa shape index (κ2) is 5.72. The van der Waals surface area contributed by atoms with Gasteiger partial charge in [-0.1, -0.05) is 0 Å². The molecule has 1 aromatic heterocycles. The summed E-state index contributed by atoms with van der Waals surface area (Å²) in [4.78, 5) is 32.0. The SMILES string of the molecule is CC(C)N1CC2(CCN(C(=O)c3cocn3)C2)COCC1=O. The maximum absolute atomic E-state index is 12.4. The molecule has 0 aromatic carbocycles. The molecule has 1 spiro atoms. The molecule has 2 amide bonds. The molecule has 1 unspecified atom stereocenters. The molecular formula is C15H21N3O4. The molecule has 22 heavy (non-hydrogen) atoms. The van der Waals surface area contributed by atoms with Crippen LogP contribution in [-0.4, -0.2) is 65.5 Å². The summed E-state index contributed by atoms with van der Waals surface area (Å²) in [7, 11) is 0.